The molecule has 2 aromatic carbocycles. The van der Waals surface area contributed by atoms with E-state index in [-0.39, 0.29) is 94.6 Å². The average Bonchev–Trinajstić information content (AvgIpc) is 2.91. The van der Waals surface area contributed by atoms with Crippen molar-refractivity contribution in [2.75, 3.05) is 13.2 Å². The molecule has 0 fully saturated rings. The van der Waals surface area contributed by atoms with Crippen molar-refractivity contribution in [2.24, 2.45) is 0 Å². The molecule has 0 aliphatic carbocycles. The third kappa shape index (κ3) is 13.9. The van der Waals surface area contributed by atoms with Crippen molar-refractivity contribution in [3.63, 3.8) is 0 Å². The summed E-state index contributed by atoms with van der Waals surface area (Å²) in [7, 11) is -4.24. The zero-order valence-corrected chi connectivity index (χ0v) is 29.5. The van der Waals surface area contributed by atoms with Crippen molar-refractivity contribution >= 4 is 22.1 Å². The summed E-state index contributed by atoms with van der Waals surface area (Å²) < 4.78 is 41.7. The zero-order chi connectivity index (χ0) is 27.6. The minimum absolute atomic E-state index is 0. The van der Waals surface area contributed by atoms with E-state index in [0.717, 1.165) is 63.9 Å². The number of unbranched alkanes of at least 4 members (excludes halogenated alkanes) is 10. The molecule has 0 heterocycles. The molecule has 0 aliphatic rings. The van der Waals surface area contributed by atoms with Gasteiger partial charge in [0.1, 0.15) is 10.6 Å². The molecule has 0 saturated carbocycles. The molecule has 7 nitrogen and oxygen atoms in total. The molecule has 9 heteroatoms. The van der Waals surface area contributed by atoms with Crippen molar-refractivity contribution in [3.8, 4) is 5.75 Å². The summed E-state index contributed by atoms with van der Waals surface area (Å²) in [5.41, 5.74) is -0.177. The molecule has 0 aromatic heterocycles. The topological polar surface area (TPSA) is 96.0 Å². The molecular weight excluding hydrogens is 590 g/mol. The Bertz CT molecular complexity index is 1090. The molecule has 0 atom stereocenters. The predicted octanol–water partition coefficient (Wildman–Crippen LogP) is 4.61. The summed E-state index contributed by atoms with van der Waals surface area (Å²) in [6.07, 6.45) is 12.4. The van der Waals surface area contributed by atoms with Crippen molar-refractivity contribution in [2.45, 2.75) is 95.8 Å². The van der Waals surface area contributed by atoms with E-state index in [1.807, 2.05) is 0 Å². The van der Waals surface area contributed by atoms with E-state index in [9.17, 15) is 18.0 Å². The predicted molar refractivity (Wildman–Crippen MR) is 149 cm³/mol. The summed E-state index contributed by atoms with van der Waals surface area (Å²) in [5, 5.41) is 0. The molecule has 2 rings (SSSR count). The van der Waals surface area contributed by atoms with Gasteiger partial charge >= 0.3 is 80.2 Å². The van der Waals surface area contributed by atoms with E-state index in [1.54, 1.807) is 18.2 Å². The van der Waals surface area contributed by atoms with E-state index in [4.69, 9.17) is 13.7 Å². The second-order valence-electron chi connectivity index (χ2n) is 9.37. The van der Waals surface area contributed by atoms with Gasteiger partial charge in [-0.25, -0.2) is 9.59 Å². The molecular formula is C30H43O7RbS. The number of carbonyl (C=O) groups is 2. The SMILES string of the molecule is CCCCCCCCOC(=O)c1ccc(S(=O)(=O)Oc2ccccc2)cc1C(=O)OCCCCCCCC.[H-].[Rb+]. The third-order valence-corrected chi connectivity index (χ3v) is 7.37. The Morgan fingerprint density at radius 2 is 1.15 bits per heavy atom. The zero-order valence-electron chi connectivity index (χ0n) is 24.8. The monoisotopic (exact) mass is 632 g/mol. The number of para-hydroxylation sites is 1. The Kier molecular flexibility index (Phi) is 19.1. The van der Waals surface area contributed by atoms with Crippen LogP contribution in [0.25, 0.3) is 0 Å². The van der Waals surface area contributed by atoms with E-state index in [2.05, 4.69) is 13.8 Å². The number of rotatable bonds is 19. The largest absolute Gasteiger partial charge is 1.00 e. The number of carbonyl (C=O) groups excluding carboxylic acids is 2. The van der Waals surface area contributed by atoms with Crippen LogP contribution >= 0.6 is 0 Å². The smallest absolute Gasteiger partial charge is 1.00 e. The number of ether oxygens (including phenoxy) is 2. The minimum Gasteiger partial charge on any atom is -1.00 e. The van der Waals surface area contributed by atoms with Crippen LogP contribution in [-0.2, 0) is 19.6 Å². The van der Waals surface area contributed by atoms with Crippen molar-refractivity contribution < 1.29 is 91.3 Å². The standard InChI is InChI=1S/C30H42O7S.Rb.H/c1-3-5-7-9-11-16-22-35-29(31)27-21-20-26(38(33,34)37-25-18-14-13-15-19-25)24-28(27)30(32)36-23-17-12-10-8-6-4-2;;/h13-15,18-21,24H,3-12,16-17,22-23H2,1-2H3;;/q;+1;-1. The van der Waals surface area contributed by atoms with Gasteiger partial charge in [0.25, 0.3) is 0 Å². The Morgan fingerprint density at radius 3 is 1.69 bits per heavy atom. The Balaban J connectivity index is 0.00000760. The number of hydrogen-bond donors (Lipinski definition) is 0. The molecule has 0 saturated heterocycles. The molecule has 0 amide bonds. The van der Waals surface area contributed by atoms with Crippen LogP contribution in [-0.4, -0.2) is 33.6 Å². The third-order valence-electron chi connectivity index (χ3n) is 6.13. The van der Waals surface area contributed by atoms with Crippen LogP contribution in [0.3, 0.4) is 0 Å². The number of benzene rings is 2. The minimum atomic E-state index is -4.24. The second-order valence-corrected chi connectivity index (χ2v) is 10.9. The summed E-state index contributed by atoms with van der Waals surface area (Å²) in [6, 6.07) is 11.7. The molecule has 39 heavy (non-hydrogen) atoms. The first kappa shape index (κ1) is 36.0. The average molecular weight is 633 g/mol. The fraction of sp³-hybridized carbons (Fsp3) is 0.533. The molecule has 0 unspecified atom stereocenters. The first-order valence-corrected chi connectivity index (χ1v) is 15.3. The van der Waals surface area contributed by atoms with Crippen LogP contribution in [0.2, 0.25) is 0 Å². The molecule has 0 bridgehead atoms. The summed E-state index contributed by atoms with van der Waals surface area (Å²) in [4.78, 5) is 25.5. The van der Waals surface area contributed by atoms with Gasteiger partial charge in [0, 0.05) is 0 Å². The van der Waals surface area contributed by atoms with E-state index < -0.39 is 22.1 Å². The van der Waals surface area contributed by atoms with Gasteiger partial charge < -0.3 is 15.1 Å². The van der Waals surface area contributed by atoms with Crippen LogP contribution in [0.15, 0.2) is 53.4 Å². The van der Waals surface area contributed by atoms with Crippen molar-refractivity contribution in [1.29, 1.82) is 0 Å². The van der Waals surface area contributed by atoms with E-state index in [0.29, 0.717) is 6.42 Å². The van der Waals surface area contributed by atoms with Gasteiger partial charge in [-0.05, 0) is 43.2 Å². The molecule has 212 valence electrons. The Hall–Kier alpha value is -1.06. The molecule has 0 radical (unpaired) electrons. The quantitative estimate of drug-likeness (QED) is 0.127. The second kappa shape index (κ2) is 20.8. The molecule has 0 spiro atoms. The van der Waals surface area contributed by atoms with Crippen LogP contribution in [0.4, 0.5) is 0 Å². The summed E-state index contributed by atoms with van der Waals surface area (Å²) in [5.74, 6) is -1.30. The van der Waals surface area contributed by atoms with Gasteiger partial charge in [-0.15, -0.1) is 0 Å². The maximum Gasteiger partial charge on any atom is 1.00 e. The van der Waals surface area contributed by atoms with Crippen molar-refractivity contribution in [3.05, 3.63) is 59.7 Å². The molecule has 0 aliphatic heterocycles. The van der Waals surface area contributed by atoms with Gasteiger partial charge in [0.2, 0.25) is 0 Å². The Morgan fingerprint density at radius 1 is 0.667 bits per heavy atom. The van der Waals surface area contributed by atoms with E-state index >= 15 is 0 Å². The van der Waals surface area contributed by atoms with Gasteiger partial charge in [0.15, 0.2) is 0 Å². The molecule has 0 N–H and O–H groups in total. The van der Waals surface area contributed by atoms with E-state index in [1.165, 1.54) is 37.1 Å². The first-order chi connectivity index (χ1) is 18.4. The Labute approximate surface area is 284 Å². The van der Waals surface area contributed by atoms with Gasteiger partial charge in [-0.2, -0.15) is 8.42 Å². The van der Waals surface area contributed by atoms with Crippen LogP contribution in [0.1, 0.15) is 113 Å². The fourth-order valence-corrected chi connectivity index (χ4v) is 4.88. The number of esters is 2. The summed E-state index contributed by atoms with van der Waals surface area (Å²) >= 11 is 0. The van der Waals surface area contributed by atoms with Crippen LogP contribution in [0, 0.1) is 0 Å². The first-order valence-electron chi connectivity index (χ1n) is 13.9. The van der Waals surface area contributed by atoms with Gasteiger partial charge in [0.05, 0.1) is 24.3 Å². The van der Waals surface area contributed by atoms with Crippen molar-refractivity contribution in [1.82, 2.24) is 0 Å². The fourth-order valence-electron chi connectivity index (χ4n) is 3.93. The normalized spacial score (nSPS) is 10.9. The van der Waals surface area contributed by atoms with Crippen LogP contribution < -0.4 is 62.4 Å². The van der Waals surface area contributed by atoms with Crippen LogP contribution in [0.5, 0.6) is 5.75 Å². The maximum atomic E-state index is 13.0. The summed E-state index contributed by atoms with van der Waals surface area (Å²) in [6.45, 7) is 4.72. The molecule has 2 aromatic rings. The van der Waals surface area contributed by atoms with Gasteiger partial charge in [-0.3, -0.25) is 0 Å². The maximum absolute atomic E-state index is 13.0. The van der Waals surface area contributed by atoms with Gasteiger partial charge in [-0.1, -0.05) is 96.3 Å². The number of hydrogen-bond acceptors (Lipinski definition) is 7.